The normalized spacial score (nSPS) is 14.5. The van der Waals surface area contributed by atoms with E-state index >= 15 is 0 Å². The first kappa shape index (κ1) is 27.0. The molecule has 1 heterocycles. The predicted molar refractivity (Wildman–Crippen MR) is 144 cm³/mol. The first-order valence-electron chi connectivity index (χ1n) is 12.7. The van der Waals surface area contributed by atoms with E-state index in [-0.39, 0.29) is 11.9 Å². The van der Waals surface area contributed by atoms with Crippen molar-refractivity contribution >= 4 is 17.8 Å². The molecule has 4 rings (SSSR count). The molecule has 0 aromatic heterocycles. The van der Waals surface area contributed by atoms with E-state index in [0.29, 0.717) is 50.0 Å². The number of hydrogen-bond acceptors (Lipinski definition) is 6. The Morgan fingerprint density at radius 3 is 2.45 bits per heavy atom. The number of amides is 2. The molecule has 1 atom stereocenters. The summed E-state index contributed by atoms with van der Waals surface area (Å²) in [6.07, 6.45) is 0.888. The Kier molecular flexibility index (Phi) is 8.55. The molecule has 3 aromatic rings. The lowest BCUT2D eigenvalue weighted by atomic mass is 9.95. The van der Waals surface area contributed by atoms with Crippen LogP contribution in [0.2, 0.25) is 0 Å². The molecule has 1 aliphatic heterocycles. The van der Waals surface area contributed by atoms with Gasteiger partial charge in [-0.05, 0) is 77.9 Å². The number of carbonyl (C=O) groups excluding carboxylic acids is 3. The van der Waals surface area contributed by atoms with E-state index in [4.69, 9.17) is 10.5 Å². The van der Waals surface area contributed by atoms with Crippen molar-refractivity contribution in [1.82, 2.24) is 10.0 Å². The largest absolute Gasteiger partial charge is 0.465 e. The van der Waals surface area contributed by atoms with Crippen molar-refractivity contribution in [1.29, 1.82) is 0 Å². The second-order valence-corrected chi connectivity index (χ2v) is 9.48. The molecule has 0 spiro atoms. The van der Waals surface area contributed by atoms with Crippen LogP contribution < -0.4 is 5.73 Å². The number of nitrogens with zero attached hydrogens (tertiary/aromatic N) is 2. The number of rotatable bonds is 10. The topological polar surface area (TPSA) is 113 Å². The first-order chi connectivity index (χ1) is 18.3. The summed E-state index contributed by atoms with van der Waals surface area (Å²) in [5.41, 5.74) is 11.0. The van der Waals surface area contributed by atoms with Gasteiger partial charge >= 0.3 is 5.97 Å². The third kappa shape index (κ3) is 6.27. The molecule has 0 radical (unpaired) electrons. The smallest absolute Gasteiger partial charge is 0.337 e. The van der Waals surface area contributed by atoms with Crippen LogP contribution in [-0.2, 0) is 16.0 Å². The summed E-state index contributed by atoms with van der Waals surface area (Å²) in [5.74, 6) is -0.769. The number of hydrogen-bond donors (Lipinski definition) is 2. The van der Waals surface area contributed by atoms with Crippen LogP contribution in [0.25, 0.3) is 11.1 Å². The van der Waals surface area contributed by atoms with Crippen LogP contribution in [0, 0.1) is 6.92 Å². The van der Waals surface area contributed by atoms with E-state index in [0.717, 1.165) is 27.8 Å². The molecule has 0 bridgehead atoms. The molecule has 38 heavy (non-hydrogen) atoms. The van der Waals surface area contributed by atoms with Crippen molar-refractivity contribution in [2.45, 2.75) is 32.3 Å². The van der Waals surface area contributed by atoms with Crippen LogP contribution in [0.1, 0.15) is 56.4 Å². The van der Waals surface area contributed by atoms with Crippen molar-refractivity contribution in [3.8, 4) is 11.1 Å². The van der Waals surface area contributed by atoms with Crippen LogP contribution in [0.4, 0.5) is 0 Å². The molecule has 3 N–H and O–H groups in total. The molecule has 8 heteroatoms. The Labute approximate surface area is 222 Å². The Morgan fingerprint density at radius 1 is 1.03 bits per heavy atom. The number of primary amides is 1. The average molecular weight is 516 g/mol. The van der Waals surface area contributed by atoms with Gasteiger partial charge in [0.1, 0.15) is 0 Å². The minimum atomic E-state index is -0.691. The van der Waals surface area contributed by atoms with E-state index in [2.05, 4.69) is 0 Å². The summed E-state index contributed by atoms with van der Waals surface area (Å²) in [6, 6.07) is 20.3. The third-order valence-corrected chi connectivity index (χ3v) is 6.95. The summed E-state index contributed by atoms with van der Waals surface area (Å²) >= 11 is 0. The highest BCUT2D eigenvalue weighted by Crippen LogP contribution is 2.28. The van der Waals surface area contributed by atoms with E-state index in [9.17, 15) is 19.5 Å². The molecule has 3 aromatic carbocycles. The second kappa shape index (κ2) is 12.0. The Balaban J connectivity index is 1.36. The zero-order valence-electron chi connectivity index (χ0n) is 21.7. The maximum absolute atomic E-state index is 12.5. The number of aliphatic hydroxyl groups excluding tert-OH is 1. The molecular weight excluding hydrogens is 482 g/mol. The van der Waals surface area contributed by atoms with Gasteiger partial charge in [0.15, 0.2) is 0 Å². The van der Waals surface area contributed by atoms with Crippen molar-refractivity contribution in [3.05, 3.63) is 94.5 Å². The number of hydrazine groups is 1. The van der Waals surface area contributed by atoms with Gasteiger partial charge in [-0.1, -0.05) is 36.4 Å². The van der Waals surface area contributed by atoms with E-state index in [1.54, 1.807) is 29.3 Å². The van der Waals surface area contributed by atoms with Crippen LogP contribution in [0.5, 0.6) is 0 Å². The molecule has 198 valence electrons. The number of esters is 1. The third-order valence-electron chi connectivity index (χ3n) is 6.95. The highest BCUT2D eigenvalue weighted by atomic mass is 16.5. The van der Waals surface area contributed by atoms with Crippen molar-refractivity contribution in [3.63, 3.8) is 0 Å². The zero-order chi connectivity index (χ0) is 27.2. The number of carbonyl (C=O) groups is 3. The van der Waals surface area contributed by atoms with Crippen LogP contribution >= 0.6 is 0 Å². The summed E-state index contributed by atoms with van der Waals surface area (Å²) < 4.78 is 4.74. The molecular formula is C30H33N3O5. The number of methoxy groups -OCH3 is 1. The highest BCUT2D eigenvalue weighted by molar-refractivity contribution is 5.93. The lowest BCUT2D eigenvalue weighted by Gasteiger charge is -2.29. The SMILES string of the molecule is COC(=O)c1ccc(CCN2C(=O)CCN2CCC(O)c2cccc(-c3ccc(C(N)=O)cc3C)c2)cc1. The van der Waals surface area contributed by atoms with Gasteiger partial charge in [0.2, 0.25) is 11.8 Å². The molecule has 1 unspecified atom stereocenters. The fourth-order valence-corrected chi connectivity index (χ4v) is 4.78. The summed E-state index contributed by atoms with van der Waals surface area (Å²) in [4.78, 5) is 35.6. The van der Waals surface area contributed by atoms with E-state index in [1.807, 2.05) is 54.4 Å². The highest BCUT2D eigenvalue weighted by Gasteiger charge is 2.28. The van der Waals surface area contributed by atoms with Crippen molar-refractivity contribution in [2.24, 2.45) is 5.73 Å². The van der Waals surface area contributed by atoms with E-state index < -0.39 is 12.0 Å². The molecule has 1 aliphatic rings. The Hall–Kier alpha value is -4.01. The molecule has 1 saturated heterocycles. The first-order valence-corrected chi connectivity index (χ1v) is 12.7. The average Bonchev–Trinajstić information content (AvgIpc) is 3.29. The number of benzene rings is 3. The maximum Gasteiger partial charge on any atom is 0.337 e. The number of nitrogens with two attached hydrogens (primary N) is 1. The standard InChI is InChI=1S/C30H33N3O5/c1-20-18-25(29(31)36)10-11-26(20)23-4-3-5-24(19-23)27(34)13-15-32-16-14-28(35)33(32)17-12-21-6-8-22(9-7-21)30(37)38-2/h3-11,18-19,27,34H,12-17H2,1-2H3,(H2,31,36). The Bertz CT molecular complexity index is 1320. The number of aryl methyl sites for hydroxylation is 1. The van der Waals surface area contributed by atoms with Gasteiger partial charge in [-0.2, -0.15) is 0 Å². The predicted octanol–water partition coefficient (Wildman–Crippen LogP) is 3.66. The minimum Gasteiger partial charge on any atom is -0.465 e. The van der Waals surface area contributed by atoms with Gasteiger partial charge in [0.25, 0.3) is 0 Å². The Morgan fingerprint density at radius 2 is 1.76 bits per heavy atom. The van der Waals surface area contributed by atoms with Crippen molar-refractivity contribution < 1.29 is 24.2 Å². The molecule has 0 aliphatic carbocycles. The van der Waals surface area contributed by atoms with Crippen LogP contribution in [0.15, 0.2) is 66.7 Å². The lowest BCUT2D eigenvalue weighted by Crippen LogP contribution is -2.41. The van der Waals surface area contributed by atoms with Crippen LogP contribution in [-0.4, -0.2) is 59.7 Å². The summed E-state index contributed by atoms with van der Waals surface area (Å²) in [7, 11) is 1.35. The second-order valence-electron chi connectivity index (χ2n) is 9.48. The van der Waals surface area contributed by atoms with Gasteiger partial charge in [-0.15, -0.1) is 0 Å². The zero-order valence-corrected chi connectivity index (χ0v) is 21.7. The molecule has 0 saturated carbocycles. The number of aliphatic hydroxyl groups is 1. The number of ether oxygens (including phenoxy) is 1. The minimum absolute atomic E-state index is 0.0718. The molecule has 8 nitrogen and oxygen atoms in total. The monoisotopic (exact) mass is 515 g/mol. The lowest BCUT2D eigenvalue weighted by molar-refractivity contribution is -0.138. The van der Waals surface area contributed by atoms with Crippen LogP contribution in [0.3, 0.4) is 0 Å². The van der Waals surface area contributed by atoms with E-state index in [1.165, 1.54) is 7.11 Å². The molecule has 2 amide bonds. The van der Waals surface area contributed by atoms with Gasteiger partial charge in [-0.3, -0.25) is 14.6 Å². The van der Waals surface area contributed by atoms with Gasteiger partial charge < -0.3 is 15.6 Å². The quantitative estimate of drug-likeness (QED) is 0.399. The molecule has 1 fully saturated rings. The maximum atomic E-state index is 12.5. The van der Waals surface area contributed by atoms with Crippen molar-refractivity contribution in [2.75, 3.05) is 26.7 Å². The van der Waals surface area contributed by atoms with Gasteiger partial charge in [0, 0.05) is 31.6 Å². The summed E-state index contributed by atoms with van der Waals surface area (Å²) in [5, 5.41) is 14.7. The van der Waals surface area contributed by atoms with Gasteiger partial charge in [-0.25, -0.2) is 9.80 Å². The van der Waals surface area contributed by atoms with Gasteiger partial charge in [0.05, 0.1) is 18.8 Å². The fourth-order valence-electron chi connectivity index (χ4n) is 4.78. The summed E-state index contributed by atoms with van der Waals surface area (Å²) in [6.45, 7) is 3.63. The fraction of sp³-hybridized carbons (Fsp3) is 0.300.